The summed E-state index contributed by atoms with van der Waals surface area (Å²) in [4.78, 5) is 6.91. The molecule has 0 saturated heterocycles. The Kier molecular flexibility index (Phi) is 6.30. The molecule has 1 aliphatic rings. The molecular formula is C24H27ClN4O2. The van der Waals surface area contributed by atoms with Crippen LogP contribution in [0.15, 0.2) is 48.8 Å². The molecule has 2 heterocycles. The molecule has 2 aromatic carbocycles. The van der Waals surface area contributed by atoms with Crippen LogP contribution in [-0.4, -0.2) is 39.2 Å². The zero-order valence-electron chi connectivity index (χ0n) is 17.8. The molecule has 2 N–H and O–H groups in total. The van der Waals surface area contributed by atoms with E-state index in [4.69, 9.17) is 21.7 Å². The van der Waals surface area contributed by atoms with Crippen molar-refractivity contribution in [2.45, 2.75) is 32.7 Å². The van der Waals surface area contributed by atoms with Crippen LogP contribution < -0.4 is 10.2 Å². The first kappa shape index (κ1) is 21.4. The number of aryl methyl sites for hydroxylation is 1. The maximum absolute atomic E-state index is 9.95. The maximum Gasteiger partial charge on any atom is 0.228 e. The third-order valence-corrected chi connectivity index (χ3v) is 6.11. The van der Waals surface area contributed by atoms with Crippen molar-refractivity contribution in [1.82, 2.24) is 14.5 Å². The highest BCUT2D eigenvalue weighted by Gasteiger charge is 2.32. The van der Waals surface area contributed by atoms with Crippen LogP contribution >= 0.6 is 11.6 Å². The Morgan fingerprint density at radius 1 is 1.16 bits per heavy atom. The maximum atomic E-state index is 9.95. The number of aromatic nitrogens is 2. The van der Waals surface area contributed by atoms with E-state index in [0.29, 0.717) is 28.7 Å². The SMILES string of the molecule is CCN(CC)CCCn1cnc2c(c1=N)C(c1ccc(Cl)cc1)c1ccc(O)cc1O2. The number of nitrogens with zero attached hydrogens (tertiary/aromatic N) is 3. The van der Waals surface area contributed by atoms with Crippen molar-refractivity contribution in [3.63, 3.8) is 0 Å². The molecule has 0 saturated carbocycles. The van der Waals surface area contributed by atoms with Gasteiger partial charge >= 0.3 is 0 Å². The zero-order valence-corrected chi connectivity index (χ0v) is 18.6. The molecule has 7 heteroatoms. The third kappa shape index (κ3) is 4.31. The highest BCUT2D eigenvalue weighted by atomic mass is 35.5. The molecule has 1 atom stereocenters. The number of benzene rings is 2. The van der Waals surface area contributed by atoms with E-state index < -0.39 is 0 Å². The summed E-state index contributed by atoms with van der Waals surface area (Å²) in [5, 5.41) is 19.6. The number of ether oxygens (including phenoxy) is 1. The Bertz CT molecular complexity index is 1120. The third-order valence-electron chi connectivity index (χ3n) is 5.86. The molecule has 3 aromatic rings. The quantitative estimate of drug-likeness (QED) is 0.437. The monoisotopic (exact) mass is 438 g/mol. The largest absolute Gasteiger partial charge is 0.508 e. The summed E-state index contributed by atoms with van der Waals surface area (Å²) in [6.07, 6.45) is 2.62. The Morgan fingerprint density at radius 3 is 2.61 bits per heavy atom. The summed E-state index contributed by atoms with van der Waals surface area (Å²) >= 11 is 6.12. The average Bonchev–Trinajstić information content (AvgIpc) is 2.77. The van der Waals surface area contributed by atoms with Gasteiger partial charge in [0.1, 0.15) is 23.3 Å². The Labute approximate surface area is 187 Å². The van der Waals surface area contributed by atoms with Crippen LogP contribution in [0.5, 0.6) is 17.4 Å². The molecule has 0 aliphatic carbocycles. The normalized spacial score (nSPS) is 14.8. The molecule has 0 amide bonds. The number of halogens is 1. The first-order chi connectivity index (χ1) is 15.0. The average molecular weight is 439 g/mol. The molecule has 0 fully saturated rings. The minimum Gasteiger partial charge on any atom is -0.508 e. The highest BCUT2D eigenvalue weighted by Crippen LogP contribution is 2.46. The molecule has 31 heavy (non-hydrogen) atoms. The van der Waals surface area contributed by atoms with Gasteiger partial charge < -0.3 is 19.3 Å². The van der Waals surface area contributed by atoms with Gasteiger partial charge in [-0.15, -0.1) is 0 Å². The van der Waals surface area contributed by atoms with Crippen molar-refractivity contribution in [2.75, 3.05) is 19.6 Å². The summed E-state index contributed by atoms with van der Waals surface area (Å²) in [5.74, 6) is 0.860. The van der Waals surface area contributed by atoms with Crippen LogP contribution in [0.25, 0.3) is 0 Å². The van der Waals surface area contributed by atoms with Gasteiger partial charge in [-0.1, -0.05) is 43.6 Å². The van der Waals surface area contributed by atoms with Gasteiger partial charge in [0, 0.05) is 29.1 Å². The second-order valence-electron chi connectivity index (χ2n) is 7.69. The fraction of sp³-hybridized carbons (Fsp3) is 0.333. The van der Waals surface area contributed by atoms with Gasteiger partial charge in [-0.3, -0.25) is 5.41 Å². The van der Waals surface area contributed by atoms with Gasteiger partial charge in [0.05, 0.1) is 5.56 Å². The fourth-order valence-corrected chi connectivity index (χ4v) is 4.26. The second-order valence-corrected chi connectivity index (χ2v) is 8.13. The van der Waals surface area contributed by atoms with Gasteiger partial charge in [0.15, 0.2) is 0 Å². The predicted octanol–water partition coefficient (Wildman–Crippen LogP) is 4.74. The lowest BCUT2D eigenvalue weighted by Gasteiger charge is -2.28. The summed E-state index contributed by atoms with van der Waals surface area (Å²) in [5.41, 5.74) is 3.01. The summed E-state index contributed by atoms with van der Waals surface area (Å²) in [7, 11) is 0. The Morgan fingerprint density at radius 2 is 1.90 bits per heavy atom. The van der Waals surface area contributed by atoms with E-state index in [1.54, 1.807) is 18.5 Å². The van der Waals surface area contributed by atoms with E-state index in [-0.39, 0.29) is 11.7 Å². The number of hydrogen-bond acceptors (Lipinski definition) is 5. The number of phenols is 1. The number of fused-ring (bicyclic) bond motifs is 2. The molecule has 162 valence electrons. The number of nitrogens with one attached hydrogen (secondary N) is 1. The van der Waals surface area contributed by atoms with Gasteiger partial charge in [-0.2, -0.15) is 0 Å². The molecule has 4 rings (SSSR count). The van der Waals surface area contributed by atoms with Gasteiger partial charge in [-0.05, 0) is 49.8 Å². The van der Waals surface area contributed by atoms with Crippen molar-refractivity contribution in [3.05, 3.63) is 76.0 Å². The number of hydrogen-bond donors (Lipinski definition) is 2. The van der Waals surface area contributed by atoms with Crippen molar-refractivity contribution in [3.8, 4) is 17.4 Å². The number of aromatic hydroxyl groups is 1. The van der Waals surface area contributed by atoms with Crippen LogP contribution in [0.4, 0.5) is 0 Å². The lowest BCUT2D eigenvalue weighted by molar-refractivity contribution is 0.291. The van der Waals surface area contributed by atoms with Gasteiger partial charge in [0.25, 0.3) is 0 Å². The minimum atomic E-state index is -0.230. The molecule has 0 radical (unpaired) electrons. The highest BCUT2D eigenvalue weighted by molar-refractivity contribution is 6.30. The number of phenolic OH excluding ortho intramolecular Hbond substituents is 1. The molecule has 0 bridgehead atoms. The first-order valence-electron chi connectivity index (χ1n) is 10.6. The Hall–Kier alpha value is -2.83. The van der Waals surface area contributed by atoms with E-state index in [2.05, 4.69) is 23.7 Å². The molecule has 1 aromatic heterocycles. The van der Waals surface area contributed by atoms with E-state index in [1.165, 1.54) is 0 Å². The van der Waals surface area contributed by atoms with E-state index >= 15 is 0 Å². The Balaban J connectivity index is 1.75. The first-order valence-corrected chi connectivity index (χ1v) is 11.0. The molecular weight excluding hydrogens is 412 g/mol. The van der Waals surface area contributed by atoms with E-state index in [9.17, 15) is 5.11 Å². The van der Waals surface area contributed by atoms with E-state index in [1.807, 2.05) is 34.9 Å². The lowest BCUT2D eigenvalue weighted by Crippen LogP contribution is -2.31. The predicted molar refractivity (Wildman–Crippen MR) is 121 cm³/mol. The van der Waals surface area contributed by atoms with E-state index in [0.717, 1.165) is 42.7 Å². The second kappa shape index (κ2) is 9.12. The van der Waals surface area contributed by atoms with Crippen LogP contribution in [0.3, 0.4) is 0 Å². The summed E-state index contributed by atoms with van der Waals surface area (Å²) in [6, 6.07) is 12.7. The van der Waals surface area contributed by atoms with Crippen molar-refractivity contribution in [2.24, 2.45) is 0 Å². The van der Waals surface area contributed by atoms with Crippen molar-refractivity contribution in [1.29, 1.82) is 5.41 Å². The summed E-state index contributed by atoms with van der Waals surface area (Å²) < 4.78 is 7.90. The smallest absolute Gasteiger partial charge is 0.228 e. The minimum absolute atomic E-state index is 0.130. The van der Waals surface area contributed by atoms with Crippen LogP contribution in [0.1, 0.15) is 42.9 Å². The standard InChI is InChI=1S/C24H27ClN4O2/c1-3-28(4-2)12-5-13-29-15-27-24-22(23(29)26)21(16-6-8-17(25)9-7-16)19-11-10-18(30)14-20(19)31-24/h6-11,14-15,21,26,30H,3-5,12-13H2,1-2H3. The molecule has 1 aliphatic heterocycles. The summed E-state index contributed by atoms with van der Waals surface area (Å²) in [6.45, 7) is 8.06. The number of rotatable bonds is 7. The van der Waals surface area contributed by atoms with Crippen LogP contribution in [0.2, 0.25) is 5.02 Å². The van der Waals surface area contributed by atoms with Crippen molar-refractivity contribution < 1.29 is 9.84 Å². The van der Waals surface area contributed by atoms with Crippen LogP contribution in [-0.2, 0) is 6.54 Å². The van der Waals surface area contributed by atoms with Crippen LogP contribution in [0, 0.1) is 5.41 Å². The fourth-order valence-electron chi connectivity index (χ4n) is 4.13. The zero-order chi connectivity index (χ0) is 22.0. The van der Waals surface area contributed by atoms with Crippen molar-refractivity contribution >= 4 is 11.6 Å². The van der Waals surface area contributed by atoms with Gasteiger partial charge in [-0.25, -0.2) is 4.98 Å². The molecule has 1 unspecified atom stereocenters. The molecule has 6 nitrogen and oxygen atoms in total. The topological polar surface area (TPSA) is 74.4 Å². The lowest BCUT2D eigenvalue weighted by atomic mass is 9.84. The van der Waals surface area contributed by atoms with Gasteiger partial charge in [0.2, 0.25) is 5.88 Å². The molecule has 0 spiro atoms.